The Morgan fingerprint density at radius 2 is 1.25 bits per heavy atom. The summed E-state index contributed by atoms with van der Waals surface area (Å²) in [6, 6.07) is -0.229. The molecule has 55 heavy (non-hydrogen) atoms. The van der Waals surface area contributed by atoms with Gasteiger partial charge in [0.05, 0.1) is 18.8 Å². The molecule has 22 nitrogen and oxygen atoms in total. The largest absolute Gasteiger partial charge is 0.481 e. The lowest BCUT2D eigenvalue weighted by molar-refractivity contribution is -0.147. The Bertz CT molecular complexity index is 1670. The maximum Gasteiger partial charge on any atom is 0.326 e. The number of aromatic nitrogens is 2. The molecule has 0 spiro atoms. The highest BCUT2D eigenvalue weighted by atomic mass is 16.4. The van der Waals surface area contributed by atoms with Gasteiger partial charge in [0.25, 0.3) is 0 Å². The van der Waals surface area contributed by atoms with Gasteiger partial charge in [-0.15, -0.1) is 0 Å². The zero-order valence-corrected chi connectivity index (χ0v) is 29.9. The number of H-pyrrole nitrogens is 1. The van der Waals surface area contributed by atoms with Gasteiger partial charge in [-0.1, -0.05) is 30.3 Å². The molecule has 1 aromatic heterocycles. The summed E-state index contributed by atoms with van der Waals surface area (Å²) in [6.07, 6.45) is 0.414. The fraction of sp³-hybridized carbons (Fsp3) is 0.455. The van der Waals surface area contributed by atoms with E-state index < -0.39 is 96.5 Å². The van der Waals surface area contributed by atoms with Crippen molar-refractivity contribution in [3.05, 3.63) is 54.1 Å². The van der Waals surface area contributed by atoms with E-state index in [9.17, 15) is 48.6 Å². The van der Waals surface area contributed by atoms with Gasteiger partial charge in [0.1, 0.15) is 30.2 Å². The summed E-state index contributed by atoms with van der Waals surface area (Å²) in [4.78, 5) is 112. The standard InChI is InChI=1S/C33H47N11O11/c1-17(34)27(49)40-21(9-10-25(45)46)29(51)42-22(12-18-6-3-2-4-7-18)30(52)41-20(8-5-11-38-33(35)36)28(50)43-23(13-19-15-37-16-39-19)31(53)44-24(32(54)55)14-26(47)48/h2-4,6-7,15-17,20-24H,5,8-14,34H2,1H3,(H,37,39)(H,40,49)(H,41,52)(H,42,51)(H,43,50)(H,44,53)(H,45,46)(H,47,48)(H,54,55)(H4,35,36,38)/t17-,20-,21-,22-,23-,24-/m0/s1. The van der Waals surface area contributed by atoms with Gasteiger partial charge in [0, 0.05) is 37.7 Å². The molecule has 1 heterocycles. The fourth-order valence-corrected chi connectivity index (χ4v) is 4.96. The van der Waals surface area contributed by atoms with E-state index in [-0.39, 0.29) is 44.6 Å². The molecule has 0 saturated heterocycles. The highest BCUT2D eigenvalue weighted by molar-refractivity contribution is 5.97. The van der Waals surface area contributed by atoms with E-state index >= 15 is 0 Å². The molecule has 0 aliphatic heterocycles. The highest BCUT2D eigenvalue weighted by Crippen LogP contribution is 2.09. The number of carboxylic acid groups (broad SMARTS) is 3. The van der Waals surface area contributed by atoms with Crippen molar-refractivity contribution in [3.8, 4) is 0 Å². The predicted molar refractivity (Wildman–Crippen MR) is 192 cm³/mol. The van der Waals surface area contributed by atoms with E-state index in [2.05, 4.69) is 41.5 Å². The Balaban J connectivity index is 2.45. The number of carbonyl (C=O) groups excluding carboxylic acids is 5. The van der Waals surface area contributed by atoms with E-state index in [4.69, 9.17) is 22.3 Å². The minimum absolute atomic E-state index is 0.0181. The van der Waals surface area contributed by atoms with Crippen LogP contribution in [0.2, 0.25) is 0 Å². The Morgan fingerprint density at radius 1 is 0.727 bits per heavy atom. The van der Waals surface area contributed by atoms with E-state index in [1.807, 2.05) is 0 Å². The molecule has 0 radical (unpaired) electrons. The number of aliphatic carboxylic acids is 3. The normalized spacial score (nSPS) is 14.0. The van der Waals surface area contributed by atoms with E-state index in [0.29, 0.717) is 11.3 Å². The Kier molecular flexibility index (Phi) is 18.2. The molecule has 0 bridgehead atoms. The van der Waals surface area contributed by atoms with E-state index in [1.54, 1.807) is 30.3 Å². The van der Waals surface area contributed by atoms with Crippen LogP contribution in [0, 0.1) is 0 Å². The number of benzene rings is 1. The molecule has 2 rings (SSSR count). The Hall–Kier alpha value is -6.58. The first-order chi connectivity index (χ1) is 26.0. The molecular formula is C33H47N11O11. The van der Waals surface area contributed by atoms with Gasteiger partial charge in [-0.2, -0.15) is 0 Å². The van der Waals surface area contributed by atoms with Crippen LogP contribution >= 0.6 is 0 Å². The average molecular weight is 774 g/mol. The van der Waals surface area contributed by atoms with E-state index in [0.717, 1.165) is 0 Å². The molecule has 5 amide bonds. The number of amides is 5. The summed E-state index contributed by atoms with van der Waals surface area (Å²) < 4.78 is 0. The average Bonchev–Trinajstić information content (AvgIpc) is 3.63. The zero-order valence-electron chi connectivity index (χ0n) is 29.9. The highest BCUT2D eigenvalue weighted by Gasteiger charge is 2.33. The second-order valence-corrected chi connectivity index (χ2v) is 12.4. The SMILES string of the molecule is C[C@H](N)C(=O)N[C@@H](CCC(=O)O)C(=O)N[C@@H](Cc1ccccc1)C(=O)N[C@@H](CCCN=C(N)N)C(=O)N[C@@H](Cc1cnc[nH]1)C(=O)N[C@@H](CC(=O)O)C(=O)O. The smallest absolute Gasteiger partial charge is 0.326 e. The first kappa shape index (κ1) is 44.6. The summed E-state index contributed by atoms with van der Waals surface area (Å²) >= 11 is 0. The number of rotatable bonds is 24. The molecule has 0 aliphatic rings. The number of aliphatic imine (C=N–C) groups is 1. The summed E-state index contributed by atoms with van der Waals surface area (Å²) in [5.41, 5.74) is 17.4. The number of hydrogen-bond acceptors (Lipinski definition) is 11. The summed E-state index contributed by atoms with van der Waals surface area (Å²) in [5, 5.41) is 39.9. The molecule has 2 aromatic rings. The Labute approximate surface area is 314 Å². The van der Waals surface area contributed by atoms with Crippen LogP contribution in [0.3, 0.4) is 0 Å². The van der Waals surface area contributed by atoms with Gasteiger partial charge in [-0.05, 0) is 31.7 Å². The van der Waals surface area contributed by atoms with Crippen molar-refractivity contribution < 1.29 is 53.7 Å². The molecule has 0 fully saturated rings. The number of nitrogens with two attached hydrogens (primary N) is 3. The van der Waals surface area contributed by atoms with Gasteiger partial charge in [0.15, 0.2) is 5.96 Å². The maximum absolute atomic E-state index is 14.0. The molecular weight excluding hydrogens is 726 g/mol. The van der Waals surface area contributed by atoms with Gasteiger partial charge in [0.2, 0.25) is 29.5 Å². The summed E-state index contributed by atoms with van der Waals surface area (Å²) in [6.45, 7) is 1.37. The molecule has 22 heteroatoms. The van der Waals surface area contributed by atoms with Gasteiger partial charge in [-0.3, -0.25) is 38.6 Å². The van der Waals surface area contributed by atoms with Crippen LogP contribution in [0.4, 0.5) is 0 Å². The number of hydrogen-bond donors (Lipinski definition) is 12. The van der Waals surface area contributed by atoms with Crippen LogP contribution in [-0.4, -0.2) is 121 Å². The van der Waals surface area contributed by atoms with Gasteiger partial charge < -0.3 is 64.1 Å². The molecule has 0 saturated carbocycles. The summed E-state index contributed by atoms with van der Waals surface area (Å²) in [7, 11) is 0. The zero-order chi connectivity index (χ0) is 41.1. The molecule has 300 valence electrons. The lowest BCUT2D eigenvalue weighted by atomic mass is 10.0. The van der Waals surface area contributed by atoms with Crippen molar-refractivity contribution in [3.63, 3.8) is 0 Å². The third kappa shape index (κ3) is 16.8. The maximum atomic E-state index is 14.0. The number of nitrogens with zero attached hydrogens (tertiary/aromatic N) is 2. The number of nitrogens with one attached hydrogen (secondary N) is 6. The Morgan fingerprint density at radius 3 is 1.76 bits per heavy atom. The van der Waals surface area contributed by atoms with Crippen molar-refractivity contribution >= 4 is 53.4 Å². The first-order valence-electron chi connectivity index (χ1n) is 17.0. The minimum Gasteiger partial charge on any atom is -0.481 e. The second kappa shape index (κ2) is 22.5. The number of carbonyl (C=O) groups is 8. The van der Waals surface area contributed by atoms with Crippen molar-refractivity contribution in [1.82, 2.24) is 36.6 Å². The molecule has 0 aliphatic carbocycles. The molecule has 15 N–H and O–H groups in total. The van der Waals surface area contributed by atoms with Gasteiger partial charge >= 0.3 is 17.9 Å². The lowest BCUT2D eigenvalue weighted by Crippen LogP contribution is -2.60. The third-order valence-electron chi connectivity index (χ3n) is 7.79. The number of carboxylic acids is 3. The van der Waals surface area contributed by atoms with Gasteiger partial charge in [-0.25, -0.2) is 9.78 Å². The van der Waals surface area contributed by atoms with Crippen LogP contribution in [0.5, 0.6) is 0 Å². The first-order valence-corrected chi connectivity index (χ1v) is 17.0. The second-order valence-electron chi connectivity index (χ2n) is 12.4. The van der Waals surface area contributed by atoms with E-state index in [1.165, 1.54) is 19.4 Å². The third-order valence-corrected chi connectivity index (χ3v) is 7.79. The van der Waals surface area contributed by atoms with Crippen molar-refractivity contribution in [2.45, 2.75) is 88.1 Å². The molecule has 6 atom stereocenters. The number of imidazole rings is 1. The topological polar surface area (TPSA) is 377 Å². The quantitative estimate of drug-likeness (QED) is 0.0279. The van der Waals surface area contributed by atoms with Crippen LogP contribution in [-0.2, 0) is 51.2 Å². The monoisotopic (exact) mass is 773 g/mol. The predicted octanol–water partition coefficient (Wildman–Crippen LogP) is -3.56. The fourth-order valence-electron chi connectivity index (χ4n) is 4.96. The van der Waals surface area contributed by atoms with Crippen molar-refractivity contribution in [1.29, 1.82) is 0 Å². The molecule has 1 aromatic carbocycles. The lowest BCUT2D eigenvalue weighted by Gasteiger charge is -2.27. The van der Waals surface area contributed by atoms with Crippen LogP contribution in [0.1, 0.15) is 50.3 Å². The van der Waals surface area contributed by atoms with Crippen LogP contribution in [0.25, 0.3) is 0 Å². The number of aromatic amines is 1. The van der Waals surface area contributed by atoms with Crippen LogP contribution in [0.15, 0.2) is 47.8 Å². The minimum atomic E-state index is -1.85. The van der Waals surface area contributed by atoms with Crippen molar-refractivity contribution in [2.75, 3.05) is 6.54 Å². The van der Waals surface area contributed by atoms with Crippen LogP contribution < -0.4 is 43.8 Å². The summed E-state index contributed by atoms with van der Waals surface area (Å²) in [5.74, 6) is -9.18. The van der Waals surface area contributed by atoms with Crippen molar-refractivity contribution in [2.24, 2.45) is 22.2 Å². The number of guanidine groups is 1. The molecule has 0 unspecified atom stereocenters.